The normalized spacial score (nSPS) is 30.9. The summed E-state index contributed by atoms with van der Waals surface area (Å²) in [6, 6.07) is 0. The zero-order chi connectivity index (χ0) is 19.3. The summed E-state index contributed by atoms with van der Waals surface area (Å²) in [5.41, 5.74) is 4.98. The largest absolute Gasteiger partial charge is 0.255 e. The molecule has 0 aromatic carbocycles. The SMILES string of the molecule is CCC(C)(C)C1CCCCCCC1(N1CCCCCCN1)C(C)(C)CC. The Kier molecular flexibility index (Phi) is 8.04. The fourth-order valence-electron chi connectivity index (χ4n) is 5.98. The van der Waals surface area contributed by atoms with Crippen molar-refractivity contribution in [3.8, 4) is 0 Å². The highest BCUT2D eigenvalue weighted by atomic mass is 15.5. The zero-order valence-corrected chi connectivity index (χ0v) is 18.9. The molecule has 2 aliphatic rings. The molecule has 1 saturated heterocycles. The molecule has 2 atom stereocenters. The first kappa shape index (κ1) is 22.2. The predicted octanol–water partition coefficient (Wildman–Crippen LogP) is 6.95. The van der Waals surface area contributed by atoms with E-state index in [4.69, 9.17) is 0 Å². The van der Waals surface area contributed by atoms with Gasteiger partial charge in [0, 0.05) is 18.6 Å². The second kappa shape index (κ2) is 9.41. The molecule has 1 aliphatic heterocycles. The number of hydrazine groups is 1. The van der Waals surface area contributed by atoms with Gasteiger partial charge in [0.05, 0.1) is 0 Å². The van der Waals surface area contributed by atoms with Crippen LogP contribution in [0.4, 0.5) is 0 Å². The standard InChI is InChI=1S/C24H48N2/c1-7-22(3,4)21-17-13-9-10-14-18-24(21,23(5,6)8-2)26-20-16-12-11-15-19-25-26/h21,25H,7-20H2,1-6H3. The maximum absolute atomic E-state index is 3.98. The van der Waals surface area contributed by atoms with Gasteiger partial charge in [0.1, 0.15) is 0 Å². The summed E-state index contributed by atoms with van der Waals surface area (Å²) in [6.07, 6.45) is 16.5. The molecule has 2 rings (SSSR count). The van der Waals surface area contributed by atoms with Crippen LogP contribution < -0.4 is 5.43 Å². The highest BCUT2D eigenvalue weighted by Gasteiger charge is 2.56. The number of nitrogens with one attached hydrogen (secondary N) is 1. The third-order valence-corrected chi connectivity index (χ3v) is 8.38. The average Bonchev–Trinajstić information content (AvgIpc) is 2.55. The molecule has 0 aromatic rings. The minimum Gasteiger partial charge on any atom is -0.255 e. The summed E-state index contributed by atoms with van der Waals surface area (Å²) in [7, 11) is 0. The van der Waals surface area contributed by atoms with Crippen molar-refractivity contribution in [3.63, 3.8) is 0 Å². The second-order valence-corrected chi connectivity index (χ2v) is 10.5. The summed E-state index contributed by atoms with van der Waals surface area (Å²) in [4.78, 5) is 0. The van der Waals surface area contributed by atoms with Crippen molar-refractivity contribution in [1.29, 1.82) is 0 Å². The highest BCUT2D eigenvalue weighted by molar-refractivity contribution is 5.08. The molecule has 154 valence electrons. The number of hydrogen-bond acceptors (Lipinski definition) is 2. The lowest BCUT2D eigenvalue weighted by molar-refractivity contribution is -0.141. The van der Waals surface area contributed by atoms with Crippen LogP contribution in [0.1, 0.15) is 119 Å². The van der Waals surface area contributed by atoms with Crippen LogP contribution in [0.2, 0.25) is 0 Å². The van der Waals surface area contributed by atoms with Crippen LogP contribution in [0.15, 0.2) is 0 Å². The fraction of sp³-hybridized carbons (Fsp3) is 1.00. The van der Waals surface area contributed by atoms with Crippen molar-refractivity contribution in [3.05, 3.63) is 0 Å². The number of nitrogens with zero attached hydrogens (tertiary/aromatic N) is 1. The van der Waals surface area contributed by atoms with Gasteiger partial charge in [0.2, 0.25) is 0 Å². The van der Waals surface area contributed by atoms with Gasteiger partial charge in [-0.3, -0.25) is 5.43 Å². The third-order valence-electron chi connectivity index (χ3n) is 8.38. The summed E-state index contributed by atoms with van der Waals surface area (Å²) in [6.45, 7) is 17.5. The van der Waals surface area contributed by atoms with E-state index in [0.29, 0.717) is 10.8 Å². The van der Waals surface area contributed by atoms with E-state index >= 15 is 0 Å². The molecule has 1 N–H and O–H groups in total. The van der Waals surface area contributed by atoms with Gasteiger partial charge in [-0.15, -0.1) is 0 Å². The lowest BCUT2D eigenvalue weighted by atomic mass is 9.52. The molecule has 0 aromatic heterocycles. The Hall–Kier alpha value is -0.0800. The zero-order valence-electron chi connectivity index (χ0n) is 18.9. The first-order chi connectivity index (χ1) is 12.3. The quantitative estimate of drug-likeness (QED) is 0.568. The van der Waals surface area contributed by atoms with Crippen molar-refractivity contribution in [2.75, 3.05) is 13.1 Å². The molecular formula is C24H48N2. The van der Waals surface area contributed by atoms with Gasteiger partial charge in [0.15, 0.2) is 0 Å². The van der Waals surface area contributed by atoms with Crippen molar-refractivity contribution >= 4 is 0 Å². The topological polar surface area (TPSA) is 15.3 Å². The Morgan fingerprint density at radius 3 is 2.19 bits per heavy atom. The van der Waals surface area contributed by atoms with E-state index in [2.05, 4.69) is 52.0 Å². The molecule has 1 saturated carbocycles. The Morgan fingerprint density at radius 2 is 1.50 bits per heavy atom. The first-order valence-electron chi connectivity index (χ1n) is 11.8. The third kappa shape index (κ3) is 4.49. The van der Waals surface area contributed by atoms with E-state index in [-0.39, 0.29) is 5.54 Å². The van der Waals surface area contributed by atoms with E-state index in [1.54, 1.807) is 0 Å². The Balaban J connectivity index is 2.54. The Morgan fingerprint density at radius 1 is 0.846 bits per heavy atom. The maximum Gasteiger partial charge on any atom is 0.0438 e. The van der Waals surface area contributed by atoms with E-state index in [9.17, 15) is 0 Å². The van der Waals surface area contributed by atoms with Gasteiger partial charge >= 0.3 is 0 Å². The lowest BCUT2D eigenvalue weighted by Crippen LogP contribution is -2.69. The molecule has 0 bridgehead atoms. The van der Waals surface area contributed by atoms with Gasteiger partial charge in [-0.25, -0.2) is 5.01 Å². The number of hydrogen-bond donors (Lipinski definition) is 1. The first-order valence-corrected chi connectivity index (χ1v) is 11.8. The van der Waals surface area contributed by atoms with Gasteiger partial charge < -0.3 is 0 Å². The van der Waals surface area contributed by atoms with Crippen molar-refractivity contribution in [2.45, 2.75) is 124 Å². The van der Waals surface area contributed by atoms with Gasteiger partial charge in [-0.05, 0) is 48.9 Å². The molecule has 2 fully saturated rings. The van der Waals surface area contributed by atoms with E-state index in [0.717, 1.165) is 5.92 Å². The van der Waals surface area contributed by atoms with Crippen LogP contribution in [-0.4, -0.2) is 23.6 Å². The van der Waals surface area contributed by atoms with Crippen LogP contribution in [0.5, 0.6) is 0 Å². The molecule has 0 amide bonds. The van der Waals surface area contributed by atoms with Crippen LogP contribution in [-0.2, 0) is 0 Å². The summed E-state index contributed by atoms with van der Waals surface area (Å²) >= 11 is 0. The summed E-state index contributed by atoms with van der Waals surface area (Å²) in [5.74, 6) is 0.766. The molecule has 0 spiro atoms. The van der Waals surface area contributed by atoms with Crippen LogP contribution in [0.25, 0.3) is 0 Å². The highest BCUT2D eigenvalue weighted by Crippen LogP contribution is 2.55. The van der Waals surface area contributed by atoms with Gasteiger partial charge in [-0.2, -0.15) is 0 Å². The van der Waals surface area contributed by atoms with Crippen LogP contribution in [0, 0.1) is 16.7 Å². The van der Waals surface area contributed by atoms with Gasteiger partial charge in [0.25, 0.3) is 0 Å². The van der Waals surface area contributed by atoms with E-state index < -0.39 is 0 Å². The molecular weight excluding hydrogens is 316 g/mol. The van der Waals surface area contributed by atoms with Crippen molar-refractivity contribution < 1.29 is 0 Å². The van der Waals surface area contributed by atoms with Gasteiger partial charge in [-0.1, -0.05) is 86.5 Å². The van der Waals surface area contributed by atoms with Crippen LogP contribution >= 0.6 is 0 Å². The smallest absolute Gasteiger partial charge is 0.0438 e. The summed E-state index contributed by atoms with van der Waals surface area (Å²) in [5, 5.41) is 2.81. The Labute approximate surface area is 164 Å². The Bertz CT molecular complexity index is 406. The summed E-state index contributed by atoms with van der Waals surface area (Å²) < 4.78 is 0. The minimum absolute atomic E-state index is 0.277. The number of rotatable bonds is 5. The van der Waals surface area contributed by atoms with Crippen molar-refractivity contribution in [1.82, 2.24) is 10.4 Å². The molecule has 2 nitrogen and oxygen atoms in total. The van der Waals surface area contributed by atoms with Crippen molar-refractivity contribution in [2.24, 2.45) is 16.7 Å². The maximum atomic E-state index is 3.98. The monoisotopic (exact) mass is 364 g/mol. The predicted molar refractivity (Wildman–Crippen MR) is 115 cm³/mol. The molecule has 1 aliphatic carbocycles. The molecule has 26 heavy (non-hydrogen) atoms. The fourth-order valence-corrected chi connectivity index (χ4v) is 5.98. The van der Waals surface area contributed by atoms with E-state index in [1.807, 2.05) is 0 Å². The molecule has 2 heteroatoms. The lowest BCUT2D eigenvalue weighted by Gasteiger charge is -2.62. The minimum atomic E-state index is 0.277. The molecule has 1 heterocycles. The second-order valence-electron chi connectivity index (χ2n) is 10.5. The average molecular weight is 365 g/mol. The van der Waals surface area contributed by atoms with E-state index in [1.165, 1.54) is 90.1 Å². The van der Waals surface area contributed by atoms with Crippen LogP contribution in [0.3, 0.4) is 0 Å². The molecule has 2 unspecified atom stereocenters. The molecule has 0 radical (unpaired) electrons.